The molecule has 1 heterocycles. The van der Waals surface area contributed by atoms with Crippen molar-refractivity contribution in [3.8, 4) is 0 Å². The highest BCUT2D eigenvalue weighted by Crippen LogP contribution is 2.15. The molecule has 0 radical (unpaired) electrons. The summed E-state index contributed by atoms with van der Waals surface area (Å²) in [6.07, 6.45) is 7.01. The molecule has 0 spiro atoms. The van der Waals surface area contributed by atoms with Gasteiger partial charge in [-0.1, -0.05) is 24.3 Å². The van der Waals surface area contributed by atoms with Crippen molar-refractivity contribution in [2.24, 2.45) is 0 Å². The number of amides is 1. The first-order valence-electron chi connectivity index (χ1n) is 6.91. The molecule has 0 aliphatic heterocycles. The summed E-state index contributed by atoms with van der Waals surface area (Å²) in [6, 6.07) is 7.80. The van der Waals surface area contributed by atoms with Crippen LogP contribution in [0.25, 0.3) is 10.9 Å². The van der Waals surface area contributed by atoms with E-state index in [1.54, 1.807) is 0 Å². The maximum Gasteiger partial charge on any atom is 0.224 e. The lowest BCUT2D eigenvalue weighted by molar-refractivity contribution is -0.122. The fraction of sp³-hybridized carbons (Fsp3) is 0.312. The summed E-state index contributed by atoms with van der Waals surface area (Å²) < 4.78 is 0. The van der Waals surface area contributed by atoms with Crippen molar-refractivity contribution in [2.45, 2.75) is 31.4 Å². The van der Waals surface area contributed by atoms with Crippen molar-refractivity contribution in [2.75, 3.05) is 0 Å². The maximum absolute atomic E-state index is 12.0. The molecule has 4 nitrogen and oxygen atoms in total. The Labute approximate surface area is 117 Å². The van der Waals surface area contributed by atoms with E-state index < -0.39 is 6.10 Å². The zero-order valence-corrected chi connectivity index (χ0v) is 11.2. The number of hydrogen-bond donors (Lipinski definition) is 3. The lowest BCUT2D eigenvalue weighted by atomic mass is 9.98. The fourth-order valence-corrected chi connectivity index (χ4v) is 2.60. The third-order valence-corrected chi connectivity index (χ3v) is 3.73. The molecule has 20 heavy (non-hydrogen) atoms. The molecule has 1 unspecified atom stereocenters. The van der Waals surface area contributed by atoms with Gasteiger partial charge >= 0.3 is 0 Å². The molecule has 3 rings (SSSR count). The van der Waals surface area contributed by atoms with Crippen LogP contribution in [0.3, 0.4) is 0 Å². The molecule has 1 amide bonds. The third kappa shape index (κ3) is 2.75. The minimum Gasteiger partial charge on any atom is -0.391 e. The lowest BCUT2D eigenvalue weighted by Gasteiger charge is -2.25. The van der Waals surface area contributed by atoms with Crippen molar-refractivity contribution < 1.29 is 9.90 Å². The fourth-order valence-electron chi connectivity index (χ4n) is 2.60. The number of carbonyl (C=O) groups excluding carboxylic acids is 1. The summed E-state index contributed by atoms with van der Waals surface area (Å²) in [7, 11) is 0. The summed E-state index contributed by atoms with van der Waals surface area (Å²) in [5.74, 6) is -0.0461. The van der Waals surface area contributed by atoms with Gasteiger partial charge in [0.25, 0.3) is 0 Å². The Morgan fingerprint density at radius 3 is 3.00 bits per heavy atom. The Morgan fingerprint density at radius 1 is 1.30 bits per heavy atom. The molecule has 2 atom stereocenters. The molecule has 3 N–H and O–H groups in total. The maximum atomic E-state index is 12.0. The van der Waals surface area contributed by atoms with Gasteiger partial charge in [0.15, 0.2) is 0 Å². The summed E-state index contributed by atoms with van der Waals surface area (Å²) in [5, 5.41) is 13.9. The Balaban J connectivity index is 1.64. The second-order valence-corrected chi connectivity index (χ2v) is 5.26. The van der Waals surface area contributed by atoms with E-state index in [1.165, 1.54) is 0 Å². The lowest BCUT2D eigenvalue weighted by Crippen LogP contribution is -2.44. The van der Waals surface area contributed by atoms with E-state index in [1.807, 2.05) is 42.6 Å². The molecule has 0 saturated carbocycles. The molecule has 0 fully saturated rings. The monoisotopic (exact) mass is 270 g/mol. The molecule has 1 aliphatic rings. The van der Waals surface area contributed by atoms with Crippen LogP contribution in [0, 0.1) is 0 Å². The van der Waals surface area contributed by atoms with Crippen LogP contribution >= 0.6 is 0 Å². The Kier molecular flexibility index (Phi) is 3.56. The summed E-state index contributed by atoms with van der Waals surface area (Å²) in [5.41, 5.74) is 2.01. The third-order valence-electron chi connectivity index (χ3n) is 3.73. The number of aromatic nitrogens is 1. The normalized spacial score (nSPS) is 22.1. The van der Waals surface area contributed by atoms with Crippen LogP contribution in [-0.2, 0) is 11.2 Å². The number of aliphatic hydroxyl groups excluding tert-OH is 1. The molecule has 2 aromatic rings. The van der Waals surface area contributed by atoms with Crippen molar-refractivity contribution in [3.05, 3.63) is 48.2 Å². The van der Waals surface area contributed by atoms with E-state index in [0.717, 1.165) is 16.5 Å². The summed E-state index contributed by atoms with van der Waals surface area (Å²) >= 11 is 0. The van der Waals surface area contributed by atoms with E-state index >= 15 is 0 Å². The van der Waals surface area contributed by atoms with Gasteiger partial charge in [0.2, 0.25) is 5.91 Å². The molecule has 1 aromatic carbocycles. The van der Waals surface area contributed by atoms with Gasteiger partial charge < -0.3 is 15.4 Å². The van der Waals surface area contributed by atoms with Gasteiger partial charge in [0.1, 0.15) is 0 Å². The van der Waals surface area contributed by atoms with Gasteiger partial charge in [-0.2, -0.15) is 0 Å². The predicted molar refractivity (Wildman–Crippen MR) is 78.3 cm³/mol. The van der Waals surface area contributed by atoms with Crippen LogP contribution in [0.5, 0.6) is 0 Å². The van der Waals surface area contributed by atoms with E-state index in [9.17, 15) is 9.90 Å². The number of fused-ring (bicyclic) bond motifs is 1. The van der Waals surface area contributed by atoms with Crippen molar-refractivity contribution in [1.82, 2.24) is 10.3 Å². The number of rotatable bonds is 3. The van der Waals surface area contributed by atoms with Crippen molar-refractivity contribution in [3.63, 3.8) is 0 Å². The van der Waals surface area contributed by atoms with Gasteiger partial charge in [-0.25, -0.2) is 0 Å². The van der Waals surface area contributed by atoms with Gasteiger partial charge in [-0.05, 0) is 35.9 Å². The second-order valence-electron chi connectivity index (χ2n) is 5.26. The molecule has 0 bridgehead atoms. The first kappa shape index (κ1) is 12.9. The van der Waals surface area contributed by atoms with Crippen LogP contribution in [0.4, 0.5) is 0 Å². The highest BCUT2D eigenvalue weighted by atomic mass is 16.3. The van der Waals surface area contributed by atoms with Crippen LogP contribution in [0.15, 0.2) is 42.6 Å². The smallest absolute Gasteiger partial charge is 0.224 e. The zero-order chi connectivity index (χ0) is 13.9. The number of nitrogens with one attached hydrogen (secondary N) is 2. The number of aromatic amines is 1. The quantitative estimate of drug-likeness (QED) is 0.746. The van der Waals surface area contributed by atoms with Gasteiger partial charge in [0.05, 0.1) is 18.6 Å². The van der Waals surface area contributed by atoms with E-state index in [-0.39, 0.29) is 11.9 Å². The summed E-state index contributed by atoms with van der Waals surface area (Å²) in [4.78, 5) is 15.2. The predicted octanol–water partition coefficient (Wildman–Crippen LogP) is 1.91. The molecule has 1 aromatic heterocycles. The standard InChI is InChI=1S/C16H18N2O2/c19-15-4-2-1-3-13(15)18-16(20)10-11-5-6-12-7-8-17-14(12)9-11/h1-2,5-9,13,15,17,19H,3-4,10H2,(H,18,20)/t13?,15-/m1/s1. The number of benzene rings is 1. The minimum absolute atomic E-state index is 0.0461. The number of H-pyrrole nitrogens is 1. The average molecular weight is 270 g/mol. The van der Waals surface area contributed by atoms with Crippen LogP contribution in [-0.4, -0.2) is 28.1 Å². The average Bonchev–Trinajstić information content (AvgIpc) is 2.89. The number of carbonyl (C=O) groups is 1. The van der Waals surface area contributed by atoms with Crippen molar-refractivity contribution in [1.29, 1.82) is 0 Å². The number of hydrogen-bond acceptors (Lipinski definition) is 2. The number of aliphatic hydroxyl groups is 1. The van der Waals surface area contributed by atoms with E-state index in [2.05, 4.69) is 10.3 Å². The minimum atomic E-state index is -0.477. The Bertz CT molecular complexity index is 645. The molecule has 104 valence electrons. The van der Waals surface area contributed by atoms with Gasteiger partial charge in [0, 0.05) is 11.7 Å². The Morgan fingerprint density at radius 2 is 2.15 bits per heavy atom. The second kappa shape index (κ2) is 5.51. The van der Waals surface area contributed by atoms with E-state index in [0.29, 0.717) is 19.3 Å². The first-order chi connectivity index (χ1) is 9.72. The molecule has 1 aliphatic carbocycles. The van der Waals surface area contributed by atoms with Gasteiger partial charge in [-0.3, -0.25) is 4.79 Å². The zero-order valence-electron chi connectivity index (χ0n) is 11.2. The van der Waals surface area contributed by atoms with Crippen LogP contribution in [0.1, 0.15) is 18.4 Å². The van der Waals surface area contributed by atoms with Crippen LogP contribution < -0.4 is 5.32 Å². The Hall–Kier alpha value is -2.07. The van der Waals surface area contributed by atoms with Crippen molar-refractivity contribution >= 4 is 16.8 Å². The molecular formula is C16H18N2O2. The first-order valence-corrected chi connectivity index (χ1v) is 6.91. The highest BCUT2D eigenvalue weighted by molar-refractivity contribution is 5.83. The topological polar surface area (TPSA) is 65.1 Å². The highest BCUT2D eigenvalue weighted by Gasteiger charge is 2.21. The molecular weight excluding hydrogens is 252 g/mol. The van der Waals surface area contributed by atoms with Gasteiger partial charge in [-0.15, -0.1) is 0 Å². The van der Waals surface area contributed by atoms with E-state index in [4.69, 9.17) is 0 Å². The summed E-state index contributed by atoms with van der Waals surface area (Å²) in [6.45, 7) is 0. The van der Waals surface area contributed by atoms with Crippen LogP contribution in [0.2, 0.25) is 0 Å². The SMILES string of the molecule is O=C(Cc1ccc2cc[nH]c2c1)NC1CC=CC[C@H]1O. The molecule has 4 heteroatoms. The molecule has 0 saturated heterocycles. The largest absolute Gasteiger partial charge is 0.391 e.